The first-order chi connectivity index (χ1) is 15.4. The van der Waals surface area contributed by atoms with Crippen molar-refractivity contribution in [1.82, 2.24) is 4.31 Å². The molecule has 32 heavy (non-hydrogen) atoms. The van der Waals surface area contributed by atoms with Crippen molar-refractivity contribution >= 4 is 38.2 Å². The fourth-order valence-electron chi connectivity index (χ4n) is 4.03. The molecule has 0 saturated carbocycles. The lowest BCUT2D eigenvalue weighted by molar-refractivity contribution is 0.0601. The molecule has 1 aromatic carbocycles. The third-order valence-electron chi connectivity index (χ3n) is 5.72. The van der Waals surface area contributed by atoms with Crippen LogP contribution in [0.5, 0.6) is 0 Å². The first-order valence-electron chi connectivity index (χ1n) is 10.6. The van der Waals surface area contributed by atoms with Crippen LogP contribution in [0.1, 0.15) is 49.6 Å². The largest absolute Gasteiger partial charge is 0.465 e. The minimum absolute atomic E-state index is 0.126. The zero-order chi connectivity index (χ0) is 22.7. The highest BCUT2D eigenvalue weighted by atomic mass is 32.2. The summed E-state index contributed by atoms with van der Waals surface area (Å²) < 4.78 is 36.8. The third-order valence-corrected chi connectivity index (χ3v) is 8.77. The van der Waals surface area contributed by atoms with Crippen molar-refractivity contribution in [3.63, 3.8) is 0 Å². The van der Waals surface area contributed by atoms with Crippen molar-refractivity contribution in [1.29, 1.82) is 0 Å². The second-order valence-electron chi connectivity index (χ2n) is 7.83. The van der Waals surface area contributed by atoms with Crippen LogP contribution in [0.4, 0.5) is 5.00 Å². The number of hydrogen-bond acceptors (Lipinski definition) is 7. The number of aryl methyl sites for hydroxylation is 1. The molecule has 2 aliphatic rings. The number of esters is 1. The number of anilines is 1. The fraction of sp³-hybridized carbons (Fsp3) is 0.455. The maximum atomic E-state index is 12.8. The number of fused-ring (bicyclic) bond motifs is 1. The Bertz CT molecular complexity index is 1100. The lowest BCUT2D eigenvalue weighted by Crippen LogP contribution is -2.41. The van der Waals surface area contributed by atoms with Gasteiger partial charge in [0.25, 0.3) is 5.91 Å². The molecule has 172 valence electrons. The van der Waals surface area contributed by atoms with E-state index in [9.17, 15) is 18.0 Å². The van der Waals surface area contributed by atoms with Gasteiger partial charge in [-0.05, 0) is 48.9 Å². The average molecular weight is 479 g/mol. The summed E-state index contributed by atoms with van der Waals surface area (Å²) in [5, 5.41) is 3.36. The van der Waals surface area contributed by atoms with Crippen molar-refractivity contribution < 1.29 is 27.5 Å². The number of sulfonamides is 1. The quantitative estimate of drug-likeness (QED) is 0.641. The van der Waals surface area contributed by atoms with E-state index in [4.69, 9.17) is 9.47 Å². The predicted molar refractivity (Wildman–Crippen MR) is 122 cm³/mol. The molecule has 2 heterocycles. The number of morpholine rings is 1. The minimum Gasteiger partial charge on any atom is -0.465 e. The van der Waals surface area contributed by atoms with Crippen LogP contribution in [0, 0.1) is 0 Å². The van der Waals surface area contributed by atoms with E-state index in [0.717, 1.165) is 36.1 Å². The molecule has 1 aromatic heterocycles. The highest BCUT2D eigenvalue weighted by Crippen LogP contribution is 2.38. The first-order valence-corrected chi connectivity index (χ1v) is 13.0. The van der Waals surface area contributed by atoms with Gasteiger partial charge in [-0.2, -0.15) is 4.31 Å². The highest BCUT2D eigenvalue weighted by Gasteiger charge is 2.27. The van der Waals surface area contributed by atoms with Crippen LogP contribution >= 0.6 is 11.3 Å². The van der Waals surface area contributed by atoms with Crippen molar-refractivity contribution in [2.75, 3.05) is 38.7 Å². The second-order valence-corrected chi connectivity index (χ2v) is 10.9. The summed E-state index contributed by atoms with van der Waals surface area (Å²) in [4.78, 5) is 26.3. The van der Waals surface area contributed by atoms with Crippen molar-refractivity contribution in [2.24, 2.45) is 0 Å². The molecule has 8 nitrogen and oxygen atoms in total. The van der Waals surface area contributed by atoms with Gasteiger partial charge in [0.05, 0.1) is 31.6 Å². The standard InChI is InChI=1S/C22H26N2O6S2/c1-29-22(26)19-17-4-2-3-5-18(17)31-21(19)23-20(25)16-8-6-15(7-9-16)14-32(27,28)24-10-12-30-13-11-24/h6-9H,2-5,10-14H2,1H3,(H,23,25). The Balaban J connectivity index is 1.48. The Morgan fingerprint density at radius 1 is 1.12 bits per heavy atom. The average Bonchev–Trinajstić information content (AvgIpc) is 3.17. The molecule has 0 spiro atoms. The van der Waals surface area contributed by atoms with Gasteiger partial charge in [0.2, 0.25) is 10.0 Å². The van der Waals surface area contributed by atoms with Gasteiger partial charge >= 0.3 is 5.97 Å². The Kier molecular flexibility index (Phi) is 6.94. The van der Waals surface area contributed by atoms with Gasteiger partial charge in [0.15, 0.2) is 0 Å². The zero-order valence-electron chi connectivity index (χ0n) is 17.9. The highest BCUT2D eigenvalue weighted by molar-refractivity contribution is 7.88. The Morgan fingerprint density at radius 2 is 1.81 bits per heavy atom. The molecule has 0 atom stereocenters. The molecule has 4 rings (SSSR count). The molecule has 2 aromatic rings. The Labute approximate surface area is 191 Å². The molecule has 1 aliphatic heterocycles. The number of rotatable bonds is 6. The molecule has 0 radical (unpaired) electrons. The third kappa shape index (κ3) is 4.88. The predicted octanol–water partition coefficient (Wildman–Crippen LogP) is 2.83. The molecule has 1 saturated heterocycles. The number of carbonyl (C=O) groups excluding carboxylic acids is 2. The monoisotopic (exact) mass is 478 g/mol. The van der Waals surface area contributed by atoms with Crippen LogP contribution < -0.4 is 5.32 Å². The van der Waals surface area contributed by atoms with Crippen LogP contribution in [0.3, 0.4) is 0 Å². The topological polar surface area (TPSA) is 102 Å². The number of ether oxygens (including phenoxy) is 2. The van der Waals surface area contributed by atoms with Gasteiger partial charge in [-0.15, -0.1) is 11.3 Å². The molecule has 1 fully saturated rings. The van der Waals surface area contributed by atoms with E-state index in [2.05, 4.69) is 5.32 Å². The molecule has 1 N–H and O–H groups in total. The van der Waals surface area contributed by atoms with Crippen molar-refractivity contribution in [3.8, 4) is 0 Å². The van der Waals surface area contributed by atoms with Crippen LogP contribution in [-0.2, 0) is 38.1 Å². The van der Waals surface area contributed by atoms with Gasteiger partial charge in [-0.1, -0.05) is 12.1 Å². The number of carbonyl (C=O) groups is 2. The normalized spacial score (nSPS) is 16.9. The van der Waals surface area contributed by atoms with E-state index >= 15 is 0 Å². The lowest BCUT2D eigenvalue weighted by Gasteiger charge is -2.26. The van der Waals surface area contributed by atoms with E-state index in [0.29, 0.717) is 48.0 Å². The van der Waals surface area contributed by atoms with Crippen LogP contribution in [0.15, 0.2) is 24.3 Å². The van der Waals surface area contributed by atoms with Crippen molar-refractivity contribution in [3.05, 3.63) is 51.4 Å². The summed E-state index contributed by atoms with van der Waals surface area (Å²) in [7, 11) is -2.10. The van der Waals surface area contributed by atoms with E-state index < -0.39 is 16.0 Å². The second kappa shape index (κ2) is 9.70. The van der Waals surface area contributed by atoms with Crippen LogP contribution in [-0.4, -0.2) is 58.0 Å². The molecule has 1 amide bonds. The smallest absolute Gasteiger partial charge is 0.341 e. The summed E-state index contributed by atoms with van der Waals surface area (Å²) >= 11 is 1.43. The Morgan fingerprint density at radius 3 is 2.50 bits per heavy atom. The number of benzene rings is 1. The van der Waals surface area contributed by atoms with Crippen LogP contribution in [0.25, 0.3) is 0 Å². The zero-order valence-corrected chi connectivity index (χ0v) is 19.5. The fourth-order valence-corrected chi connectivity index (χ4v) is 6.80. The number of nitrogens with zero attached hydrogens (tertiary/aromatic N) is 1. The molecular formula is C22H26N2O6S2. The van der Waals surface area contributed by atoms with Crippen molar-refractivity contribution in [2.45, 2.75) is 31.4 Å². The van der Waals surface area contributed by atoms with Gasteiger partial charge in [0.1, 0.15) is 5.00 Å². The molecule has 0 bridgehead atoms. The maximum Gasteiger partial charge on any atom is 0.341 e. The summed E-state index contributed by atoms with van der Waals surface area (Å²) in [5.74, 6) is -0.918. The number of methoxy groups -OCH3 is 1. The molecular weight excluding hydrogens is 452 g/mol. The van der Waals surface area contributed by atoms with Gasteiger partial charge in [-0.3, -0.25) is 4.79 Å². The maximum absolute atomic E-state index is 12.8. The Hall–Kier alpha value is -2.27. The molecule has 0 unspecified atom stereocenters. The van der Waals surface area contributed by atoms with E-state index in [-0.39, 0.29) is 11.7 Å². The van der Waals surface area contributed by atoms with Gasteiger partial charge in [-0.25, -0.2) is 13.2 Å². The molecule has 10 heteroatoms. The SMILES string of the molecule is COC(=O)c1c(NC(=O)c2ccc(CS(=O)(=O)N3CCOCC3)cc2)sc2c1CCCC2. The summed E-state index contributed by atoms with van der Waals surface area (Å²) in [6.07, 6.45) is 3.77. The lowest BCUT2D eigenvalue weighted by atomic mass is 9.95. The summed E-state index contributed by atoms with van der Waals surface area (Å²) in [6.45, 7) is 1.52. The van der Waals surface area contributed by atoms with E-state index in [1.54, 1.807) is 24.3 Å². The van der Waals surface area contributed by atoms with Gasteiger partial charge < -0.3 is 14.8 Å². The van der Waals surface area contributed by atoms with E-state index in [1.807, 2.05) is 0 Å². The number of hydrogen-bond donors (Lipinski definition) is 1. The summed E-state index contributed by atoms with van der Waals surface area (Å²) in [6, 6.07) is 6.50. The number of amides is 1. The van der Waals surface area contributed by atoms with E-state index in [1.165, 1.54) is 22.8 Å². The number of nitrogens with one attached hydrogen (secondary N) is 1. The first kappa shape index (κ1) is 22.9. The minimum atomic E-state index is -3.44. The van der Waals surface area contributed by atoms with Gasteiger partial charge in [0, 0.05) is 23.5 Å². The molecule has 1 aliphatic carbocycles. The van der Waals surface area contributed by atoms with Crippen LogP contribution in [0.2, 0.25) is 0 Å². The summed E-state index contributed by atoms with van der Waals surface area (Å²) in [5.41, 5.74) is 2.43. The number of thiophene rings is 1.